The second kappa shape index (κ2) is 5.25. The lowest BCUT2D eigenvalue weighted by Crippen LogP contribution is -2.30. The standard InChI is InChI=1S/C16H16BrN/c17-16-8-4-7-14-12-18(10-9-15(14)16)11-13-5-2-1-3-6-13/h1-8H,9-12H2. The summed E-state index contributed by atoms with van der Waals surface area (Å²) in [4.78, 5) is 2.52. The quantitative estimate of drug-likeness (QED) is 0.810. The second-order valence-corrected chi connectivity index (χ2v) is 5.68. The van der Waals surface area contributed by atoms with Gasteiger partial charge in [0.1, 0.15) is 0 Å². The summed E-state index contributed by atoms with van der Waals surface area (Å²) in [5.41, 5.74) is 4.35. The molecule has 92 valence electrons. The van der Waals surface area contributed by atoms with Crippen LogP contribution in [0, 0.1) is 0 Å². The van der Waals surface area contributed by atoms with Gasteiger partial charge in [-0.05, 0) is 29.2 Å². The van der Waals surface area contributed by atoms with Crippen molar-refractivity contribution in [3.63, 3.8) is 0 Å². The van der Waals surface area contributed by atoms with Crippen molar-refractivity contribution in [1.82, 2.24) is 4.90 Å². The summed E-state index contributed by atoms with van der Waals surface area (Å²) in [6.07, 6.45) is 1.14. The van der Waals surface area contributed by atoms with E-state index < -0.39 is 0 Å². The van der Waals surface area contributed by atoms with E-state index in [1.54, 1.807) is 0 Å². The van der Waals surface area contributed by atoms with Crippen LogP contribution in [0.5, 0.6) is 0 Å². The average molecular weight is 302 g/mol. The molecule has 1 aliphatic heterocycles. The van der Waals surface area contributed by atoms with Gasteiger partial charge in [-0.15, -0.1) is 0 Å². The van der Waals surface area contributed by atoms with Gasteiger partial charge < -0.3 is 0 Å². The molecule has 0 unspecified atom stereocenters. The average Bonchev–Trinajstić information content (AvgIpc) is 2.40. The lowest BCUT2D eigenvalue weighted by molar-refractivity contribution is 0.245. The molecule has 2 aromatic rings. The normalized spacial score (nSPS) is 15.4. The largest absolute Gasteiger partial charge is 0.294 e. The Hall–Kier alpha value is -1.12. The van der Waals surface area contributed by atoms with Crippen LogP contribution in [0.15, 0.2) is 53.0 Å². The minimum Gasteiger partial charge on any atom is -0.294 e. The molecule has 0 saturated heterocycles. The number of benzene rings is 2. The first kappa shape index (κ1) is 11.9. The predicted octanol–water partition coefficient (Wildman–Crippen LogP) is 4.01. The highest BCUT2D eigenvalue weighted by Crippen LogP contribution is 2.26. The van der Waals surface area contributed by atoms with Crippen molar-refractivity contribution >= 4 is 15.9 Å². The van der Waals surface area contributed by atoms with Gasteiger partial charge in [0.2, 0.25) is 0 Å². The summed E-state index contributed by atoms with van der Waals surface area (Å²) >= 11 is 3.65. The molecule has 2 heteroatoms. The molecule has 1 nitrogen and oxygen atoms in total. The minimum atomic E-state index is 1.05. The molecule has 0 bridgehead atoms. The van der Waals surface area contributed by atoms with Gasteiger partial charge in [0, 0.05) is 24.1 Å². The van der Waals surface area contributed by atoms with Crippen molar-refractivity contribution in [1.29, 1.82) is 0 Å². The first-order chi connectivity index (χ1) is 8.83. The van der Waals surface area contributed by atoms with Crippen molar-refractivity contribution in [2.24, 2.45) is 0 Å². The zero-order chi connectivity index (χ0) is 12.4. The molecular formula is C16H16BrN. The zero-order valence-electron chi connectivity index (χ0n) is 10.3. The number of fused-ring (bicyclic) bond motifs is 1. The fraction of sp³-hybridized carbons (Fsp3) is 0.250. The Balaban J connectivity index is 1.76. The lowest BCUT2D eigenvalue weighted by atomic mass is 9.99. The van der Waals surface area contributed by atoms with Crippen LogP contribution < -0.4 is 0 Å². The van der Waals surface area contributed by atoms with Crippen molar-refractivity contribution in [3.05, 3.63) is 69.7 Å². The lowest BCUT2D eigenvalue weighted by Gasteiger charge is -2.29. The van der Waals surface area contributed by atoms with Gasteiger partial charge >= 0.3 is 0 Å². The molecule has 1 heterocycles. The van der Waals surface area contributed by atoms with Gasteiger partial charge in [0.05, 0.1) is 0 Å². The van der Waals surface area contributed by atoms with Crippen molar-refractivity contribution in [3.8, 4) is 0 Å². The Morgan fingerprint density at radius 1 is 1.00 bits per heavy atom. The molecule has 0 spiro atoms. The topological polar surface area (TPSA) is 3.24 Å². The van der Waals surface area contributed by atoms with Gasteiger partial charge in [-0.1, -0.05) is 58.4 Å². The van der Waals surface area contributed by atoms with Crippen molar-refractivity contribution < 1.29 is 0 Å². The molecule has 1 aliphatic rings. The van der Waals surface area contributed by atoms with E-state index in [1.807, 2.05) is 0 Å². The van der Waals surface area contributed by atoms with E-state index in [-0.39, 0.29) is 0 Å². The predicted molar refractivity (Wildman–Crippen MR) is 78.4 cm³/mol. The van der Waals surface area contributed by atoms with Crippen LogP contribution in [-0.2, 0) is 19.5 Å². The number of halogens is 1. The number of nitrogens with zero attached hydrogens (tertiary/aromatic N) is 1. The van der Waals surface area contributed by atoms with Crippen LogP contribution in [0.2, 0.25) is 0 Å². The van der Waals surface area contributed by atoms with Crippen LogP contribution in [0.3, 0.4) is 0 Å². The van der Waals surface area contributed by atoms with Gasteiger partial charge in [-0.2, -0.15) is 0 Å². The molecule has 3 rings (SSSR count). The molecule has 2 aromatic carbocycles. The van der Waals surface area contributed by atoms with E-state index in [9.17, 15) is 0 Å². The fourth-order valence-electron chi connectivity index (χ4n) is 2.60. The van der Waals surface area contributed by atoms with Gasteiger partial charge in [-0.3, -0.25) is 4.90 Å². The molecule has 0 N–H and O–H groups in total. The van der Waals surface area contributed by atoms with Crippen molar-refractivity contribution in [2.45, 2.75) is 19.5 Å². The maximum atomic E-state index is 3.65. The zero-order valence-corrected chi connectivity index (χ0v) is 11.9. The molecule has 0 aromatic heterocycles. The summed E-state index contributed by atoms with van der Waals surface area (Å²) in [6, 6.07) is 17.2. The van der Waals surface area contributed by atoms with E-state index >= 15 is 0 Å². The highest BCUT2D eigenvalue weighted by molar-refractivity contribution is 9.10. The van der Waals surface area contributed by atoms with Crippen LogP contribution in [0.1, 0.15) is 16.7 Å². The maximum absolute atomic E-state index is 3.65. The van der Waals surface area contributed by atoms with E-state index in [0.717, 1.165) is 26.1 Å². The third-order valence-electron chi connectivity index (χ3n) is 3.54. The Kier molecular flexibility index (Phi) is 3.48. The number of hydrogen-bond acceptors (Lipinski definition) is 1. The monoisotopic (exact) mass is 301 g/mol. The van der Waals surface area contributed by atoms with Gasteiger partial charge in [0.25, 0.3) is 0 Å². The highest BCUT2D eigenvalue weighted by Gasteiger charge is 2.17. The second-order valence-electron chi connectivity index (χ2n) is 4.82. The number of hydrogen-bond donors (Lipinski definition) is 0. The Morgan fingerprint density at radius 2 is 1.83 bits per heavy atom. The summed E-state index contributed by atoms with van der Waals surface area (Å²) in [7, 11) is 0. The molecule has 0 radical (unpaired) electrons. The minimum absolute atomic E-state index is 1.05. The van der Waals surface area contributed by atoms with E-state index in [2.05, 4.69) is 69.4 Å². The highest BCUT2D eigenvalue weighted by atomic mass is 79.9. The van der Waals surface area contributed by atoms with Crippen molar-refractivity contribution in [2.75, 3.05) is 6.54 Å². The fourth-order valence-corrected chi connectivity index (χ4v) is 3.20. The Bertz CT molecular complexity index is 536. The van der Waals surface area contributed by atoms with E-state index in [4.69, 9.17) is 0 Å². The third-order valence-corrected chi connectivity index (χ3v) is 4.28. The third kappa shape index (κ3) is 2.50. The van der Waals surface area contributed by atoms with Crippen LogP contribution in [0.25, 0.3) is 0 Å². The summed E-state index contributed by atoms with van der Waals surface area (Å²) in [5.74, 6) is 0. The molecule has 0 amide bonds. The molecule has 0 atom stereocenters. The van der Waals surface area contributed by atoms with Crippen LogP contribution in [0.4, 0.5) is 0 Å². The summed E-state index contributed by atoms with van der Waals surface area (Å²) in [6.45, 7) is 3.25. The Labute approximate surface area is 117 Å². The molecule has 0 fully saturated rings. The number of rotatable bonds is 2. The molecule has 0 aliphatic carbocycles. The smallest absolute Gasteiger partial charge is 0.0240 e. The van der Waals surface area contributed by atoms with Gasteiger partial charge in [0.15, 0.2) is 0 Å². The van der Waals surface area contributed by atoms with Crippen LogP contribution >= 0.6 is 15.9 Å². The summed E-state index contributed by atoms with van der Waals surface area (Å²) < 4.78 is 1.26. The van der Waals surface area contributed by atoms with E-state index in [1.165, 1.54) is 21.2 Å². The SMILES string of the molecule is Brc1cccc2c1CCN(Cc1ccccc1)C2. The molecular weight excluding hydrogens is 286 g/mol. The Morgan fingerprint density at radius 3 is 2.67 bits per heavy atom. The van der Waals surface area contributed by atoms with Crippen LogP contribution in [-0.4, -0.2) is 11.4 Å². The first-order valence-corrected chi connectivity index (χ1v) is 7.15. The van der Waals surface area contributed by atoms with Gasteiger partial charge in [-0.25, -0.2) is 0 Å². The molecule has 18 heavy (non-hydrogen) atoms. The first-order valence-electron chi connectivity index (χ1n) is 6.35. The molecule has 0 saturated carbocycles. The van der Waals surface area contributed by atoms with E-state index in [0.29, 0.717) is 0 Å². The maximum Gasteiger partial charge on any atom is 0.0240 e. The summed E-state index contributed by atoms with van der Waals surface area (Å²) in [5, 5.41) is 0.